The van der Waals surface area contributed by atoms with Crippen molar-refractivity contribution in [1.29, 1.82) is 0 Å². The van der Waals surface area contributed by atoms with Crippen molar-refractivity contribution in [1.82, 2.24) is 4.57 Å². The SMILES string of the molecule is CC1(Cc2ccc(F)cc2)C(=O)C(C2=NS(=O)c3cc(NS(C)(=O)=O)ccc3N2)=C(O)c2cccn21. The van der Waals surface area contributed by atoms with E-state index in [1.165, 1.54) is 30.3 Å². The lowest BCUT2D eigenvalue weighted by Gasteiger charge is -2.37. The average molecular weight is 529 g/mol. The zero-order valence-electron chi connectivity index (χ0n) is 19.1. The van der Waals surface area contributed by atoms with Gasteiger partial charge < -0.3 is 15.0 Å². The van der Waals surface area contributed by atoms with E-state index >= 15 is 0 Å². The van der Waals surface area contributed by atoms with E-state index in [1.54, 1.807) is 42.0 Å². The zero-order valence-corrected chi connectivity index (χ0v) is 20.8. The van der Waals surface area contributed by atoms with Crippen molar-refractivity contribution in [3.8, 4) is 0 Å². The first-order valence-electron chi connectivity index (χ1n) is 10.8. The Morgan fingerprint density at radius 2 is 1.92 bits per heavy atom. The van der Waals surface area contributed by atoms with Crippen molar-refractivity contribution in [2.45, 2.75) is 23.8 Å². The fraction of sp³-hybridized carbons (Fsp3) is 0.167. The molecule has 3 aromatic rings. The van der Waals surface area contributed by atoms with Crippen LogP contribution in [0.15, 0.2) is 75.7 Å². The molecule has 0 saturated carbocycles. The van der Waals surface area contributed by atoms with Gasteiger partial charge in [-0.05, 0) is 55.0 Å². The molecule has 36 heavy (non-hydrogen) atoms. The summed E-state index contributed by atoms with van der Waals surface area (Å²) in [6.45, 7) is 1.71. The van der Waals surface area contributed by atoms with E-state index in [1.807, 2.05) is 0 Å². The third kappa shape index (κ3) is 4.11. The third-order valence-electron chi connectivity index (χ3n) is 6.07. The van der Waals surface area contributed by atoms with Gasteiger partial charge in [-0.3, -0.25) is 9.52 Å². The van der Waals surface area contributed by atoms with E-state index in [9.17, 15) is 26.9 Å². The van der Waals surface area contributed by atoms with E-state index in [4.69, 9.17) is 0 Å². The van der Waals surface area contributed by atoms with Crippen molar-refractivity contribution in [2.75, 3.05) is 16.3 Å². The fourth-order valence-corrected chi connectivity index (χ4v) is 5.93. The second-order valence-electron chi connectivity index (χ2n) is 8.79. The Labute approximate surface area is 209 Å². The standard InChI is InChI=1S/C24H21FN4O5S2/c1-24(13-14-5-7-15(25)8-6-14)22(31)20(21(30)18-4-3-11-29(18)24)23-26-17-10-9-16(28-36(2,33)34)12-19(17)35(32)27-23/h3-12,28,30H,13H2,1-2H3,(H,26,27). The van der Waals surface area contributed by atoms with Gasteiger partial charge in [-0.15, -0.1) is 0 Å². The summed E-state index contributed by atoms with van der Waals surface area (Å²) in [7, 11) is -5.53. The highest BCUT2D eigenvalue weighted by molar-refractivity contribution is 7.92. The Bertz CT molecular complexity index is 1610. The third-order valence-corrected chi connectivity index (χ3v) is 7.74. The van der Waals surface area contributed by atoms with E-state index in [0.717, 1.165) is 6.26 Å². The van der Waals surface area contributed by atoms with Crippen LogP contribution in [0.1, 0.15) is 18.2 Å². The van der Waals surface area contributed by atoms with Crippen LogP contribution in [0.25, 0.3) is 5.76 Å². The van der Waals surface area contributed by atoms with E-state index in [-0.39, 0.29) is 34.2 Å². The number of hydrogen-bond donors (Lipinski definition) is 3. The van der Waals surface area contributed by atoms with Gasteiger partial charge in [0.2, 0.25) is 10.0 Å². The van der Waals surface area contributed by atoms with E-state index in [2.05, 4.69) is 14.4 Å². The number of hydrogen-bond acceptors (Lipinski definition) is 6. The zero-order chi connectivity index (χ0) is 25.8. The first kappa shape index (κ1) is 23.9. The number of aromatic nitrogens is 1. The molecule has 5 rings (SSSR count). The summed E-state index contributed by atoms with van der Waals surface area (Å²) < 4.78 is 57.6. The quantitative estimate of drug-likeness (QED) is 0.466. The van der Waals surface area contributed by atoms with Crippen LogP contribution in [0, 0.1) is 5.82 Å². The van der Waals surface area contributed by atoms with Gasteiger partial charge in [0.05, 0.1) is 22.5 Å². The van der Waals surface area contributed by atoms with Gasteiger partial charge in [0.25, 0.3) is 0 Å². The molecule has 1 aromatic heterocycles. The Kier molecular flexibility index (Phi) is 5.60. The van der Waals surface area contributed by atoms with Gasteiger partial charge in [0, 0.05) is 18.3 Å². The highest BCUT2D eigenvalue weighted by atomic mass is 32.2. The number of benzene rings is 2. The number of carbonyl (C=O) groups is 1. The van der Waals surface area contributed by atoms with Crippen molar-refractivity contribution >= 4 is 49.8 Å². The van der Waals surface area contributed by atoms with Crippen molar-refractivity contribution < 1.29 is 26.9 Å². The van der Waals surface area contributed by atoms with Crippen LogP contribution >= 0.6 is 0 Å². The number of Topliss-reactive ketones (excluding diaryl/α,β-unsaturated/α-hetero) is 1. The number of rotatable bonds is 5. The number of halogens is 1. The number of amidine groups is 1. The summed E-state index contributed by atoms with van der Waals surface area (Å²) in [5.74, 6) is -1.24. The predicted octanol–water partition coefficient (Wildman–Crippen LogP) is 3.36. The molecular formula is C24H21FN4O5S2. The molecule has 3 N–H and O–H groups in total. The maximum absolute atomic E-state index is 13.9. The maximum atomic E-state index is 13.9. The second kappa shape index (κ2) is 8.42. The van der Waals surface area contributed by atoms with Crippen LogP contribution < -0.4 is 10.0 Å². The molecule has 0 saturated heterocycles. The maximum Gasteiger partial charge on any atom is 0.229 e. The summed E-state index contributed by atoms with van der Waals surface area (Å²) >= 11 is 0. The number of fused-ring (bicyclic) bond motifs is 2. The number of aliphatic hydroxyl groups is 1. The molecule has 2 aliphatic rings. The number of aliphatic hydroxyl groups excluding tert-OH is 1. The number of nitrogens with zero attached hydrogens (tertiary/aromatic N) is 2. The molecule has 0 amide bonds. The average Bonchev–Trinajstić information content (AvgIpc) is 3.31. The number of ketones is 1. The molecule has 2 unspecified atom stereocenters. The first-order valence-corrected chi connectivity index (χ1v) is 13.8. The molecule has 2 atom stereocenters. The highest BCUT2D eigenvalue weighted by Gasteiger charge is 2.46. The summed E-state index contributed by atoms with van der Waals surface area (Å²) in [5, 5.41) is 14.0. The monoisotopic (exact) mass is 528 g/mol. The fourth-order valence-electron chi connectivity index (χ4n) is 4.44. The molecule has 12 heteroatoms. The minimum absolute atomic E-state index is 0.0649. The van der Waals surface area contributed by atoms with Crippen molar-refractivity contribution in [2.24, 2.45) is 4.40 Å². The minimum atomic E-state index is -3.54. The van der Waals surface area contributed by atoms with Crippen LogP contribution in [0.2, 0.25) is 0 Å². The molecule has 186 valence electrons. The molecule has 2 aromatic carbocycles. The highest BCUT2D eigenvalue weighted by Crippen LogP contribution is 2.39. The Balaban J connectivity index is 1.55. The lowest BCUT2D eigenvalue weighted by molar-refractivity contribution is -0.123. The van der Waals surface area contributed by atoms with Gasteiger partial charge >= 0.3 is 0 Å². The Morgan fingerprint density at radius 1 is 1.19 bits per heavy atom. The number of carbonyl (C=O) groups excluding carboxylic acids is 1. The molecule has 0 fully saturated rings. The van der Waals surface area contributed by atoms with Crippen molar-refractivity contribution in [3.05, 3.63) is 83.4 Å². The summed E-state index contributed by atoms with van der Waals surface area (Å²) in [5.41, 5.74) is 0.349. The summed E-state index contributed by atoms with van der Waals surface area (Å²) in [6, 6.07) is 13.6. The number of anilines is 2. The smallest absolute Gasteiger partial charge is 0.229 e. The van der Waals surface area contributed by atoms with E-state index < -0.39 is 38.1 Å². The topological polar surface area (TPSA) is 130 Å². The molecule has 2 aliphatic heterocycles. The van der Waals surface area contributed by atoms with Crippen molar-refractivity contribution in [3.63, 3.8) is 0 Å². The molecule has 0 radical (unpaired) electrons. The Morgan fingerprint density at radius 3 is 2.61 bits per heavy atom. The normalized spacial score (nSPS) is 21.4. The number of nitrogens with one attached hydrogen (secondary N) is 2. The molecule has 0 spiro atoms. The van der Waals surface area contributed by atoms with Gasteiger partial charge in [-0.1, -0.05) is 12.1 Å². The van der Waals surface area contributed by atoms with Crippen LogP contribution in [0.3, 0.4) is 0 Å². The van der Waals surface area contributed by atoms with Gasteiger partial charge in [-0.2, -0.15) is 4.40 Å². The molecule has 3 heterocycles. The lowest BCUT2D eigenvalue weighted by Crippen LogP contribution is -2.47. The molecule has 9 nitrogen and oxygen atoms in total. The molecular weight excluding hydrogens is 507 g/mol. The molecule has 0 bridgehead atoms. The van der Waals surface area contributed by atoms with Crippen LogP contribution in [0.5, 0.6) is 0 Å². The first-order chi connectivity index (χ1) is 17.0. The summed E-state index contributed by atoms with van der Waals surface area (Å²) in [4.78, 5) is 14.1. The van der Waals surface area contributed by atoms with Gasteiger partial charge in [0.15, 0.2) is 28.4 Å². The van der Waals surface area contributed by atoms with Crippen LogP contribution in [-0.4, -0.2) is 40.2 Å². The van der Waals surface area contributed by atoms with Gasteiger partial charge in [-0.25, -0.2) is 17.0 Å². The van der Waals surface area contributed by atoms with Crippen LogP contribution in [-0.2, 0) is 37.8 Å². The second-order valence-corrected chi connectivity index (χ2v) is 11.7. The lowest BCUT2D eigenvalue weighted by atomic mass is 9.81. The van der Waals surface area contributed by atoms with Gasteiger partial charge in [0.1, 0.15) is 16.9 Å². The van der Waals surface area contributed by atoms with Crippen LogP contribution in [0.4, 0.5) is 15.8 Å². The summed E-state index contributed by atoms with van der Waals surface area (Å²) in [6.07, 6.45) is 2.89. The largest absolute Gasteiger partial charge is 0.505 e. The predicted molar refractivity (Wildman–Crippen MR) is 135 cm³/mol. The number of sulfonamides is 1. The van der Waals surface area contributed by atoms with E-state index in [0.29, 0.717) is 16.9 Å². The molecule has 0 aliphatic carbocycles. The Hall–Kier alpha value is -3.77. The minimum Gasteiger partial charge on any atom is -0.505 e.